The molecule has 0 bridgehead atoms. The fourth-order valence-corrected chi connectivity index (χ4v) is 2.92. The first-order valence-corrected chi connectivity index (χ1v) is 6.83. The molecule has 0 radical (unpaired) electrons. The molecule has 3 rings (SSSR count). The highest BCUT2D eigenvalue weighted by Gasteiger charge is 2.58. The zero-order chi connectivity index (χ0) is 13.5. The average molecular weight is 297 g/mol. The number of benzene rings is 2. The average Bonchev–Trinajstić information content (AvgIpc) is 3.15. The van der Waals surface area contributed by atoms with Gasteiger partial charge >= 0.3 is 0 Å². The first kappa shape index (κ1) is 12.9. The van der Waals surface area contributed by atoms with E-state index in [1.54, 1.807) is 6.07 Å². The van der Waals surface area contributed by atoms with Gasteiger partial charge in [0.1, 0.15) is 17.5 Å². The standard InChI is InChI=1S/C15H11Cl2FO/c16-9-15(10-4-3-5-11(18)8-10)14(19-15)12-6-1-2-7-13(12)17/h1-8,14H,9H2. The summed E-state index contributed by atoms with van der Waals surface area (Å²) in [6, 6.07) is 13.8. The van der Waals surface area contributed by atoms with E-state index in [9.17, 15) is 4.39 Å². The summed E-state index contributed by atoms with van der Waals surface area (Å²) in [5.41, 5.74) is 0.954. The molecule has 0 amide bonds. The van der Waals surface area contributed by atoms with Gasteiger partial charge in [0.25, 0.3) is 0 Å². The Morgan fingerprint density at radius 1 is 1.16 bits per heavy atom. The summed E-state index contributed by atoms with van der Waals surface area (Å²) in [5, 5.41) is 0.635. The van der Waals surface area contributed by atoms with Crippen LogP contribution in [0.4, 0.5) is 4.39 Å². The molecule has 0 saturated carbocycles. The molecular formula is C15H11Cl2FO. The van der Waals surface area contributed by atoms with Crippen molar-refractivity contribution in [1.29, 1.82) is 0 Å². The van der Waals surface area contributed by atoms with Crippen molar-refractivity contribution in [2.45, 2.75) is 11.7 Å². The molecule has 0 spiro atoms. The van der Waals surface area contributed by atoms with E-state index in [-0.39, 0.29) is 17.8 Å². The van der Waals surface area contributed by atoms with Gasteiger partial charge in [-0.25, -0.2) is 4.39 Å². The normalized spacial score (nSPS) is 25.3. The lowest BCUT2D eigenvalue weighted by Crippen LogP contribution is -2.12. The van der Waals surface area contributed by atoms with Crippen molar-refractivity contribution >= 4 is 23.2 Å². The Balaban J connectivity index is 1.99. The maximum absolute atomic E-state index is 13.3. The predicted molar refractivity (Wildman–Crippen MR) is 74.1 cm³/mol. The van der Waals surface area contributed by atoms with Gasteiger partial charge in [-0.15, -0.1) is 11.6 Å². The molecule has 2 unspecified atom stereocenters. The van der Waals surface area contributed by atoms with E-state index < -0.39 is 5.60 Å². The topological polar surface area (TPSA) is 12.5 Å². The molecule has 1 aliphatic heterocycles. The van der Waals surface area contributed by atoms with Gasteiger partial charge in [-0.3, -0.25) is 0 Å². The molecule has 1 saturated heterocycles. The zero-order valence-corrected chi connectivity index (χ0v) is 11.5. The summed E-state index contributed by atoms with van der Waals surface area (Å²) in [6.07, 6.45) is -0.222. The monoisotopic (exact) mass is 296 g/mol. The first-order valence-electron chi connectivity index (χ1n) is 5.91. The minimum atomic E-state index is -0.672. The molecule has 2 atom stereocenters. The fraction of sp³-hybridized carbons (Fsp3) is 0.200. The van der Waals surface area contributed by atoms with Crippen LogP contribution in [0.5, 0.6) is 0 Å². The van der Waals surface area contributed by atoms with E-state index in [1.807, 2.05) is 30.3 Å². The van der Waals surface area contributed by atoms with Crippen LogP contribution in [0.3, 0.4) is 0 Å². The van der Waals surface area contributed by atoms with Crippen LogP contribution in [0.2, 0.25) is 5.02 Å². The molecule has 4 heteroatoms. The third kappa shape index (κ3) is 2.14. The van der Waals surface area contributed by atoms with Crippen LogP contribution in [0, 0.1) is 5.82 Å². The lowest BCUT2D eigenvalue weighted by atomic mass is 9.93. The third-order valence-corrected chi connectivity index (χ3v) is 4.14. The SMILES string of the molecule is Fc1cccc(C2(CCl)OC2c2ccccc2Cl)c1. The summed E-state index contributed by atoms with van der Waals surface area (Å²) >= 11 is 12.2. The van der Waals surface area contributed by atoms with Gasteiger partial charge in [0, 0.05) is 10.6 Å². The molecule has 98 valence electrons. The second kappa shape index (κ2) is 4.78. The number of epoxide rings is 1. The molecule has 0 aromatic heterocycles. The van der Waals surface area contributed by atoms with E-state index in [0.717, 1.165) is 11.1 Å². The largest absolute Gasteiger partial charge is 0.354 e. The maximum Gasteiger partial charge on any atom is 0.138 e. The lowest BCUT2D eigenvalue weighted by Gasteiger charge is -2.10. The zero-order valence-electron chi connectivity index (χ0n) is 9.95. The van der Waals surface area contributed by atoms with Crippen molar-refractivity contribution < 1.29 is 9.13 Å². The smallest absolute Gasteiger partial charge is 0.138 e. The Hall–Kier alpha value is -1.09. The summed E-state index contributed by atoms with van der Waals surface area (Å²) in [4.78, 5) is 0. The second-order valence-corrected chi connectivity index (χ2v) is 5.23. The quantitative estimate of drug-likeness (QED) is 0.591. The van der Waals surface area contributed by atoms with E-state index in [0.29, 0.717) is 5.02 Å². The first-order chi connectivity index (χ1) is 9.17. The molecular weight excluding hydrogens is 286 g/mol. The van der Waals surface area contributed by atoms with Gasteiger partial charge < -0.3 is 4.74 Å². The van der Waals surface area contributed by atoms with Crippen LogP contribution in [0.15, 0.2) is 48.5 Å². The fourth-order valence-electron chi connectivity index (χ4n) is 2.33. The van der Waals surface area contributed by atoms with Crippen molar-refractivity contribution in [3.63, 3.8) is 0 Å². The number of hydrogen-bond acceptors (Lipinski definition) is 1. The molecule has 1 fully saturated rings. The molecule has 1 aliphatic rings. The summed E-state index contributed by atoms with van der Waals surface area (Å²) in [7, 11) is 0. The Labute approximate surface area is 120 Å². The number of rotatable bonds is 3. The minimum Gasteiger partial charge on any atom is -0.354 e. The van der Waals surface area contributed by atoms with Crippen LogP contribution < -0.4 is 0 Å². The Morgan fingerprint density at radius 3 is 2.63 bits per heavy atom. The summed E-state index contributed by atoms with van der Waals surface area (Å²) in [5.74, 6) is -0.0396. The van der Waals surface area contributed by atoms with E-state index in [2.05, 4.69) is 0 Å². The van der Waals surface area contributed by atoms with Crippen LogP contribution >= 0.6 is 23.2 Å². The second-order valence-electron chi connectivity index (χ2n) is 4.55. The maximum atomic E-state index is 13.3. The highest BCUT2D eigenvalue weighted by atomic mass is 35.5. The van der Waals surface area contributed by atoms with E-state index in [4.69, 9.17) is 27.9 Å². The van der Waals surface area contributed by atoms with Gasteiger partial charge in [-0.2, -0.15) is 0 Å². The van der Waals surface area contributed by atoms with Crippen molar-refractivity contribution in [3.05, 3.63) is 70.5 Å². The minimum absolute atomic E-state index is 0.222. The molecule has 19 heavy (non-hydrogen) atoms. The summed E-state index contributed by atoms with van der Waals surface area (Å²) in [6.45, 7) is 0. The number of hydrogen-bond donors (Lipinski definition) is 0. The molecule has 1 nitrogen and oxygen atoms in total. The van der Waals surface area contributed by atoms with Gasteiger partial charge in [-0.1, -0.05) is 41.9 Å². The Kier molecular flexibility index (Phi) is 3.25. The molecule has 1 heterocycles. The Morgan fingerprint density at radius 2 is 1.95 bits per heavy atom. The highest BCUT2D eigenvalue weighted by Crippen LogP contribution is 2.58. The van der Waals surface area contributed by atoms with Crippen LogP contribution in [-0.4, -0.2) is 5.88 Å². The van der Waals surface area contributed by atoms with Crippen molar-refractivity contribution in [3.8, 4) is 0 Å². The molecule has 2 aromatic rings. The van der Waals surface area contributed by atoms with Crippen molar-refractivity contribution in [1.82, 2.24) is 0 Å². The highest BCUT2D eigenvalue weighted by molar-refractivity contribution is 6.31. The van der Waals surface area contributed by atoms with Crippen molar-refractivity contribution in [2.24, 2.45) is 0 Å². The summed E-state index contributed by atoms with van der Waals surface area (Å²) < 4.78 is 19.1. The molecule has 2 aromatic carbocycles. The van der Waals surface area contributed by atoms with Gasteiger partial charge in [0.2, 0.25) is 0 Å². The van der Waals surface area contributed by atoms with Gasteiger partial charge in [-0.05, 0) is 23.8 Å². The molecule has 0 N–H and O–H groups in total. The molecule has 0 aliphatic carbocycles. The number of alkyl halides is 1. The van der Waals surface area contributed by atoms with E-state index in [1.165, 1.54) is 12.1 Å². The van der Waals surface area contributed by atoms with Crippen LogP contribution in [0.1, 0.15) is 17.2 Å². The van der Waals surface area contributed by atoms with Gasteiger partial charge in [0.15, 0.2) is 0 Å². The van der Waals surface area contributed by atoms with E-state index >= 15 is 0 Å². The van der Waals surface area contributed by atoms with Crippen LogP contribution in [0.25, 0.3) is 0 Å². The third-order valence-electron chi connectivity index (χ3n) is 3.39. The van der Waals surface area contributed by atoms with Crippen LogP contribution in [-0.2, 0) is 10.3 Å². The number of halogens is 3. The Bertz CT molecular complexity index is 617. The predicted octanol–water partition coefficient (Wildman–Crippen LogP) is 4.68. The lowest BCUT2D eigenvalue weighted by molar-refractivity contribution is 0.315. The van der Waals surface area contributed by atoms with Gasteiger partial charge in [0.05, 0.1) is 5.88 Å². The van der Waals surface area contributed by atoms with Crippen molar-refractivity contribution in [2.75, 3.05) is 5.88 Å². The number of ether oxygens (including phenoxy) is 1.